The van der Waals surface area contributed by atoms with Crippen LogP contribution in [0.3, 0.4) is 0 Å². The SMILES string of the molecule is CC(Cc1cccc(F)c1)C(=O)OCC(=O)NC(C)(C)C. The third-order valence-electron chi connectivity index (χ3n) is 2.69. The van der Waals surface area contributed by atoms with Crippen LogP contribution in [0.1, 0.15) is 33.3 Å². The van der Waals surface area contributed by atoms with Gasteiger partial charge in [0.05, 0.1) is 5.92 Å². The number of esters is 1. The molecular weight excluding hydrogens is 273 g/mol. The fraction of sp³-hybridized carbons (Fsp3) is 0.500. The van der Waals surface area contributed by atoms with Crippen LogP contribution in [0.25, 0.3) is 0 Å². The molecule has 0 aromatic heterocycles. The highest BCUT2D eigenvalue weighted by atomic mass is 19.1. The maximum absolute atomic E-state index is 13.1. The van der Waals surface area contributed by atoms with Gasteiger partial charge >= 0.3 is 5.97 Å². The van der Waals surface area contributed by atoms with Crippen LogP contribution in [0.15, 0.2) is 24.3 Å². The summed E-state index contributed by atoms with van der Waals surface area (Å²) >= 11 is 0. The fourth-order valence-electron chi connectivity index (χ4n) is 1.83. The monoisotopic (exact) mass is 295 g/mol. The van der Waals surface area contributed by atoms with Crippen LogP contribution in [-0.4, -0.2) is 24.0 Å². The van der Waals surface area contributed by atoms with E-state index in [0.717, 1.165) is 5.56 Å². The van der Waals surface area contributed by atoms with Gasteiger partial charge in [-0.15, -0.1) is 0 Å². The Morgan fingerprint density at radius 2 is 2.00 bits per heavy atom. The molecule has 21 heavy (non-hydrogen) atoms. The van der Waals surface area contributed by atoms with Crippen molar-refractivity contribution in [1.82, 2.24) is 5.32 Å². The molecule has 0 spiro atoms. The number of nitrogens with one attached hydrogen (secondary N) is 1. The molecular formula is C16H22FNO3. The zero-order chi connectivity index (χ0) is 16.0. The third kappa shape index (κ3) is 6.88. The van der Waals surface area contributed by atoms with Gasteiger partial charge in [0.2, 0.25) is 0 Å². The molecule has 0 saturated carbocycles. The molecule has 0 saturated heterocycles. The van der Waals surface area contributed by atoms with Crippen molar-refractivity contribution in [3.63, 3.8) is 0 Å². The van der Waals surface area contributed by atoms with Crippen molar-refractivity contribution in [3.8, 4) is 0 Å². The van der Waals surface area contributed by atoms with Crippen molar-refractivity contribution < 1.29 is 18.7 Å². The van der Waals surface area contributed by atoms with Gasteiger partial charge in [-0.3, -0.25) is 9.59 Å². The lowest BCUT2D eigenvalue weighted by Crippen LogP contribution is -2.43. The van der Waals surface area contributed by atoms with Crippen LogP contribution in [0.4, 0.5) is 4.39 Å². The second-order valence-corrected chi connectivity index (χ2v) is 6.14. The van der Waals surface area contributed by atoms with Crippen molar-refractivity contribution in [3.05, 3.63) is 35.6 Å². The van der Waals surface area contributed by atoms with Crippen LogP contribution < -0.4 is 5.32 Å². The van der Waals surface area contributed by atoms with Gasteiger partial charge in [-0.05, 0) is 44.9 Å². The number of carbonyl (C=O) groups excluding carboxylic acids is 2. The summed E-state index contributed by atoms with van der Waals surface area (Å²) in [7, 11) is 0. The van der Waals surface area contributed by atoms with Crippen molar-refractivity contribution in [2.24, 2.45) is 5.92 Å². The minimum absolute atomic E-state index is 0.302. The number of hydrogen-bond donors (Lipinski definition) is 1. The van der Waals surface area contributed by atoms with Crippen LogP contribution >= 0.6 is 0 Å². The lowest BCUT2D eigenvalue weighted by Gasteiger charge is -2.20. The summed E-state index contributed by atoms with van der Waals surface area (Å²) in [5.74, 6) is -1.58. The predicted octanol–water partition coefficient (Wildman–Crippen LogP) is 2.46. The van der Waals surface area contributed by atoms with E-state index in [1.54, 1.807) is 19.1 Å². The van der Waals surface area contributed by atoms with E-state index >= 15 is 0 Å². The van der Waals surface area contributed by atoms with Crippen LogP contribution in [0.5, 0.6) is 0 Å². The van der Waals surface area contributed by atoms with E-state index in [-0.39, 0.29) is 23.9 Å². The molecule has 1 rings (SSSR count). The van der Waals surface area contributed by atoms with Crippen LogP contribution in [0.2, 0.25) is 0 Å². The zero-order valence-electron chi connectivity index (χ0n) is 12.9. The number of amides is 1. The first-order valence-electron chi connectivity index (χ1n) is 6.89. The summed E-state index contributed by atoms with van der Waals surface area (Å²) < 4.78 is 18.0. The number of rotatable bonds is 5. The number of carbonyl (C=O) groups is 2. The first kappa shape index (κ1) is 17.1. The Morgan fingerprint density at radius 3 is 2.57 bits per heavy atom. The summed E-state index contributed by atoms with van der Waals surface area (Å²) in [6, 6.07) is 6.08. The normalized spacial score (nSPS) is 12.6. The van der Waals surface area contributed by atoms with Crippen molar-refractivity contribution >= 4 is 11.9 Å². The largest absolute Gasteiger partial charge is 0.455 e. The molecule has 116 valence electrons. The van der Waals surface area contributed by atoms with Crippen LogP contribution in [0, 0.1) is 11.7 Å². The maximum atomic E-state index is 13.1. The quantitative estimate of drug-likeness (QED) is 0.849. The van der Waals surface area contributed by atoms with Gasteiger partial charge < -0.3 is 10.1 Å². The van der Waals surface area contributed by atoms with Crippen LogP contribution in [-0.2, 0) is 20.7 Å². The third-order valence-corrected chi connectivity index (χ3v) is 2.69. The number of hydrogen-bond acceptors (Lipinski definition) is 3. The zero-order valence-corrected chi connectivity index (χ0v) is 12.9. The van der Waals surface area contributed by atoms with Crippen molar-refractivity contribution in [2.75, 3.05) is 6.61 Å². The summed E-state index contributed by atoms with van der Waals surface area (Å²) in [4.78, 5) is 23.4. The summed E-state index contributed by atoms with van der Waals surface area (Å²) in [5, 5.41) is 2.70. The summed E-state index contributed by atoms with van der Waals surface area (Å²) in [6.07, 6.45) is 0.373. The number of ether oxygens (including phenoxy) is 1. The van der Waals surface area contributed by atoms with Gasteiger partial charge in [0.1, 0.15) is 5.82 Å². The Kier molecular flexibility index (Phi) is 5.88. The van der Waals surface area contributed by atoms with Gasteiger partial charge in [0.25, 0.3) is 5.91 Å². The van der Waals surface area contributed by atoms with E-state index in [0.29, 0.717) is 6.42 Å². The topological polar surface area (TPSA) is 55.4 Å². The van der Waals surface area contributed by atoms with Gasteiger partial charge in [0.15, 0.2) is 6.61 Å². The summed E-state index contributed by atoms with van der Waals surface area (Å²) in [5.41, 5.74) is 0.357. The average molecular weight is 295 g/mol. The number of halogens is 1. The molecule has 0 bridgehead atoms. The molecule has 1 N–H and O–H groups in total. The van der Waals surface area contributed by atoms with E-state index in [2.05, 4.69) is 5.32 Å². The minimum Gasteiger partial charge on any atom is -0.455 e. The van der Waals surface area contributed by atoms with E-state index in [4.69, 9.17) is 4.74 Å². The Hall–Kier alpha value is -1.91. The maximum Gasteiger partial charge on any atom is 0.309 e. The first-order chi connectivity index (χ1) is 9.67. The van der Waals surface area contributed by atoms with Gasteiger partial charge in [-0.2, -0.15) is 0 Å². The van der Waals surface area contributed by atoms with Gasteiger partial charge in [-0.1, -0.05) is 19.1 Å². The molecule has 1 unspecified atom stereocenters. The van der Waals surface area contributed by atoms with E-state index in [9.17, 15) is 14.0 Å². The molecule has 0 radical (unpaired) electrons. The lowest BCUT2D eigenvalue weighted by atomic mass is 10.0. The first-order valence-corrected chi connectivity index (χ1v) is 6.89. The Bertz CT molecular complexity index is 508. The lowest BCUT2D eigenvalue weighted by molar-refractivity contribution is -0.152. The van der Waals surface area contributed by atoms with E-state index in [1.807, 2.05) is 20.8 Å². The van der Waals surface area contributed by atoms with Gasteiger partial charge in [-0.25, -0.2) is 4.39 Å². The average Bonchev–Trinajstić information content (AvgIpc) is 2.33. The molecule has 0 aliphatic carbocycles. The second kappa shape index (κ2) is 7.20. The second-order valence-electron chi connectivity index (χ2n) is 6.14. The standard InChI is InChI=1S/C16H22FNO3/c1-11(8-12-6-5-7-13(17)9-12)15(20)21-10-14(19)18-16(2,3)4/h5-7,9,11H,8,10H2,1-4H3,(H,18,19). The Morgan fingerprint density at radius 1 is 1.33 bits per heavy atom. The minimum atomic E-state index is -0.469. The molecule has 0 aliphatic rings. The molecule has 5 heteroatoms. The molecule has 4 nitrogen and oxygen atoms in total. The highest BCUT2D eigenvalue weighted by molar-refractivity contribution is 5.81. The highest BCUT2D eigenvalue weighted by Crippen LogP contribution is 2.11. The number of benzene rings is 1. The molecule has 0 aliphatic heterocycles. The molecule has 0 fully saturated rings. The Labute approximate surface area is 124 Å². The molecule has 1 amide bonds. The molecule has 1 aromatic carbocycles. The summed E-state index contributed by atoms with van der Waals surface area (Å²) in [6.45, 7) is 6.93. The van der Waals surface area contributed by atoms with Gasteiger partial charge in [0, 0.05) is 5.54 Å². The van der Waals surface area contributed by atoms with Crippen molar-refractivity contribution in [1.29, 1.82) is 0 Å². The predicted molar refractivity (Wildman–Crippen MR) is 78.1 cm³/mol. The highest BCUT2D eigenvalue weighted by Gasteiger charge is 2.19. The fourth-order valence-corrected chi connectivity index (χ4v) is 1.83. The molecule has 1 aromatic rings. The van der Waals surface area contributed by atoms with E-state index < -0.39 is 11.9 Å². The van der Waals surface area contributed by atoms with Crippen molar-refractivity contribution in [2.45, 2.75) is 39.7 Å². The smallest absolute Gasteiger partial charge is 0.309 e. The Balaban J connectivity index is 2.43. The molecule has 0 heterocycles. The van der Waals surface area contributed by atoms with E-state index in [1.165, 1.54) is 12.1 Å². The molecule has 1 atom stereocenters.